The Bertz CT molecular complexity index is 997. The minimum atomic E-state index is 0.804. The Morgan fingerprint density at radius 2 is 0.636 bits per heavy atom. The molecule has 4 aromatic rings. The first-order valence-electron chi connectivity index (χ1n) is 11.6. The summed E-state index contributed by atoms with van der Waals surface area (Å²) in [5.74, 6) is 0. The molecule has 0 aromatic heterocycles. The van der Waals surface area contributed by atoms with Gasteiger partial charge in [-0.15, -0.1) is 0 Å². The summed E-state index contributed by atoms with van der Waals surface area (Å²) in [6.07, 6.45) is 0. The van der Waals surface area contributed by atoms with E-state index in [1.807, 2.05) is 18.2 Å². The molecule has 168 valence electrons. The highest BCUT2D eigenvalue weighted by Gasteiger charge is 2.17. The Hall–Kier alpha value is -3.72. The summed E-state index contributed by atoms with van der Waals surface area (Å²) in [6.45, 7) is 9.20. The van der Waals surface area contributed by atoms with Gasteiger partial charge in [0.25, 0.3) is 0 Å². The van der Waals surface area contributed by atoms with Gasteiger partial charge in [-0.1, -0.05) is 54.6 Å². The van der Waals surface area contributed by atoms with E-state index in [1.54, 1.807) is 0 Å². The van der Waals surface area contributed by atoms with Crippen molar-refractivity contribution in [3.63, 3.8) is 0 Å². The van der Waals surface area contributed by atoms with E-state index in [0.29, 0.717) is 0 Å². The maximum absolute atomic E-state index is 3.62. The predicted octanol–water partition coefficient (Wildman–Crippen LogP) is 7.45. The third-order valence-electron chi connectivity index (χ3n) is 6.45. The average molecular weight is 436 g/mol. The van der Waals surface area contributed by atoms with Crippen molar-refractivity contribution in [2.75, 3.05) is 16.0 Å². The van der Waals surface area contributed by atoms with Crippen LogP contribution in [0.2, 0.25) is 0 Å². The molecule has 0 bridgehead atoms. The lowest BCUT2D eigenvalue weighted by Gasteiger charge is -2.24. The van der Waals surface area contributed by atoms with Crippen molar-refractivity contribution in [1.29, 1.82) is 0 Å². The summed E-state index contributed by atoms with van der Waals surface area (Å²) in [5.41, 5.74) is 11.6. The molecule has 3 nitrogen and oxygen atoms in total. The van der Waals surface area contributed by atoms with Crippen LogP contribution in [-0.2, 0) is 19.6 Å². The highest BCUT2D eigenvalue weighted by Crippen LogP contribution is 2.29. The van der Waals surface area contributed by atoms with Crippen molar-refractivity contribution in [1.82, 2.24) is 0 Å². The van der Waals surface area contributed by atoms with Crippen molar-refractivity contribution in [3.8, 4) is 0 Å². The van der Waals surface area contributed by atoms with Crippen molar-refractivity contribution >= 4 is 17.1 Å². The average Bonchev–Trinajstić information content (AvgIpc) is 2.86. The molecule has 0 aliphatic carbocycles. The van der Waals surface area contributed by atoms with Crippen LogP contribution in [0.3, 0.4) is 0 Å². The maximum atomic E-state index is 3.62. The normalized spacial score (nSPS) is 10.6. The molecule has 0 unspecified atom stereocenters. The fraction of sp³-hybridized carbons (Fsp3) is 0.200. The molecular formula is C30H33N3. The lowest BCUT2D eigenvalue weighted by molar-refractivity contribution is 0.972. The van der Waals surface area contributed by atoms with E-state index in [1.165, 1.54) is 33.4 Å². The van der Waals surface area contributed by atoms with Gasteiger partial charge in [0.15, 0.2) is 0 Å². The quantitative estimate of drug-likeness (QED) is 0.255. The van der Waals surface area contributed by atoms with Crippen LogP contribution in [0.25, 0.3) is 0 Å². The van der Waals surface area contributed by atoms with Gasteiger partial charge in [0.2, 0.25) is 0 Å². The number of rotatable bonds is 9. The number of para-hydroxylation sites is 3. The van der Waals surface area contributed by atoms with Crippen molar-refractivity contribution in [2.24, 2.45) is 0 Å². The van der Waals surface area contributed by atoms with Crippen molar-refractivity contribution in [2.45, 2.75) is 40.4 Å². The maximum Gasteiger partial charge on any atom is 0.0406 e. The topological polar surface area (TPSA) is 36.1 Å². The Morgan fingerprint density at radius 1 is 0.394 bits per heavy atom. The Labute approximate surface area is 197 Å². The molecule has 3 N–H and O–H groups in total. The third kappa shape index (κ3) is 5.56. The van der Waals surface area contributed by atoms with Gasteiger partial charge in [0, 0.05) is 36.7 Å². The van der Waals surface area contributed by atoms with E-state index in [2.05, 4.69) is 110 Å². The minimum Gasteiger partial charge on any atom is -0.381 e. The smallest absolute Gasteiger partial charge is 0.0406 e. The van der Waals surface area contributed by atoms with Crippen LogP contribution in [0.5, 0.6) is 0 Å². The fourth-order valence-corrected chi connectivity index (χ4v) is 4.43. The van der Waals surface area contributed by atoms with Crippen LogP contribution < -0.4 is 16.0 Å². The molecule has 0 spiro atoms. The first-order chi connectivity index (χ1) is 16.1. The van der Waals surface area contributed by atoms with Crippen molar-refractivity contribution < 1.29 is 0 Å². The molecular weight excluding hydrogens is 402 g/mol. The Morgan fingerprint density at radius 3 is 0.879 bits per heavy atom. The molecule has 0 saturated heterocycles. The highest BCUT2D eigenvalue weighted by atomic mass is 14.9. The summed E-state index contributed by atoms with van der Waals surface area (Å²) in [7, 11) is 0. The Balaban J connectivity index is 1.65. The lowest BCUT2D eigenvalue weighted by atomic mass is 9.87. The highest BCUT2D eigenvalue weighted by molar-refractivity contribution is 5.56. The van der Waals surface area contributed by atoms with E-state index >= 15 is 0 Å². The second-order valence-corrected chi connectivity index (χ2v) is 8.47. The molecule has 4 aromatic carbocycles. The molecule has 3 heteroatoms. The predicted molar refractivity (Wildman–Crippen MR) is 142 cm³/mol. The van der Waals surface area contributed by atoms with E-state index in [0.717, 1.165) is 36.7 Å². The fourth-order valence-electron chi connectivity index (χ4n) is 4.43. The molecule has 0 fully saturated rings. The summed E-state index contributed by atoms with van der Waals surface area (Å²) in [4.78, 5) is 0. The summed E-state index contributed by atoms with van der Waals surface area (Å²) in [5, 5.41) is 10.9. The SMILES string of the molecule is Cc1c(CNc2ccccc2)c(C)c(CNc2ccccc2)c(C)c1CNc1ccccc1. The van der Waals surface area contributed by atoms with Gasteiger partial charge in [-0.3, -0.25) is 0 Å². The lowest BCUT2D eigenvalue weighted by Crippen LogP contribution is -2.15. The van der Waals surface area contributed by atoms with Crippen molar-refractivity contribution in [3.05, 3.63) is 124 Å². The van der Waals surface area contributed by atoms with E-state index in [-0.39, 0.29) is 0 Å². The van der Waals surface area contributed by atoms with Gasteiger partial charge in [-0.2, -0.15) is 0 Å². The van der Waals surface area contributed by atoms with Gasteiger partial charge >= 0.3 is 0 Å². The molecule has 33 heavy (non-hydrogen) atoms. The van der Waals surface area contributed by atoms with E-state index < -0.39 is 0 Å². The number of hydrogen-bond donors (Lipinski definition) is 3. The number of nitrogens with one attached hydrogen (secondary N) is 3. The minimum absolute atomic E-state index is 0.804. The molecule has 0 aliphatic heterocycles. The molecule has 0 heterocycles. The second-order valence-electron chi connectivity index (χ2n) is 8.47. The van der Waals surface area contributed by atoms with Crippen LogP contribution >= 0.6 is 0 Å². The summed E-state index contributed by atoms with van der Waals surface area (Å²) in [6, 6.07) is 31.3. The number of hydrogen-bond acceptors (Lipinski definition) is 3. The molecule has 0 amide bonds. The van der Waals surface area contributed by atoms with Crippen LogP contribution in [-0.4, -0.2) is 0 Å². The molecule has 0 atom stereocenters. The van der Waals surface area contributed by atoms with Gasteiger partial charge in [0.05, 0.1) is 0 Å². The molecule has 4 rings (SSSR count). The summed E-state index contributed by atoms with van der Waals surface area (Å²) >= 11 is 0. The van der Waals surface area contributed by atoms with Gasteiger partial charge in [-0.25, -0.2) is 0 Å². The van der Waals surface area contributed by atoms with Crippen LogP contribution in [0, 0.1) is 20.8 Å². The monoisotopic (exact) mass is 435 g/mol. The van der Waals surface area contributed by atoms with Gasteiger partial charge < -0.3 is 16.0 Å². The van der Waals surface area contributed by atoms with Crippen LogP contribution in [0.4, 0.5) is 17.1 Å². The van der Waals surface area contributed by atoms with Crippen LogP contribution in [0.15, 0.2) is 91.0 Å². The van der Waals surface area contributed by atoms with E-state index in [4.69, 9.17) is 0 Å². The summed E-state index contributed by atoms with van der Waals surface area (Å²) < 4.78 is 0. The first kappa shape index (κ1) is 22.5. The number of benzene rings is 4. The van der Waals surface area contributed by atoms with Gasteiger partial charge in [0.1, 0.15) is 0 Å². The number of anilines is 3. The van der Waals surface area contributed by atoms with E-state index in [9.17, 15) is 0 Å². The zero-order valence-electron chi connectivity index (χ0n) is 19.8. The van der Waals surface area contributed by atoms with Gasteiger partial charge in [-0.05, 0) is 90.6 Å². The Kier molecular flexibility index (Phi) is 7.31. The molecule has 0 radical (unpaired) electrons. The zero-order chi connectivity index (χ0) is 23.0. The first-order valence-corrected chi connectivity index (χ1v) is 11.6. The zero-order valence-corrected chi connectivity index (χ0v) is 19.8. The molecule has 0 saturated carbocycles. The third-order valence-corrected chi connectivity index (χ3v) is 6.45. The largest absolute Gasteiger partial charge is 0.381 e. The van der Waals surface area contributed by atoms with Crippen LogP contribution in [0.1, 0.15) is 33.4 Å². The standard InChI is InChI=1S/C30H33N3/c1-22-28(19-31-25-13-7-4-8-14-25)23(2)30(21-33-27-17-11-6-12-18-27)24(3)29(22)20-32-26-15-9-5-10-16-26/h4-18,31-33H,19-21H2,1-3H3. The second kappa shape index (κ2) is 10.7. The molecule has 0 aliphatic rings.